The summed E-state index contributed by atoms with van der Waals surface area (Å²) in [5.41, 5.74) is 2.08. The van der Waals surface area contributed by atoms with Crippen LogP contribution in [0.1, 0.15) is 26.3 Å². The summed E-state index contributed by atoms with van der Waals surface area (Å²) < 4.78 is 29.4. The summed E-state index contributed by atoms with van der Waals surface area (Å²) >= 11 is 6.13. The van der Waals surface area contributed by atoms with Gasteiger partial charge in [-0.25, -0.2) is 13.2 Å². The smallest absolute Gasteiger partial charge is 0.337 e. The molecule has 2 aromatic carbocycles. The zero-order chi connectivity index (χ0) is 22.6. The number of carbonyl (C=O) groups is 2. The van der Waals surface area contributed by atoms with Gasteiger partial charge in [0.25, 0.3) is 5.91 Å². The molecular formula is C21H24ClN3O5S. The monoisotopic (exact) mass is 465 g/mol. The van der Waals surface area contributed by atoms with Crippen LogP contribution in [0.2, 0.25) is 5.02 Å². The van der Waals surface area contributed by atoms with Crippen molar-refractivity contribution < 1.29 is 22.7 Å². The van der Waals surface area contributed by atoms with Gasteiger partial charge < -0.3 is 10.1 Å². The van der Waals surface area contributed by atoms with Crippen molar-refractivity contribution in [3.05, 3.63) is 64.2 Å². The lowest BCUT2D eigenvalue weighted by Gasteiger charge is -2.33. The summed E-state index contributed by atoms with van der Waals surface area (Å²) in [7, 11) is -1.87. The number of carbonyl (C=O) groups excluding carboxylic acids is 2. The standard InChI is InChI=1S/C21H24ClN3O5S/c1-30-21(27)17-7-8-18(22)19(13-17)23-20(26)16-5-3-15(4-6-16)14-24-9-11-25(12-10-24)31(2,28)29/h3-8,13H,9-12,14H2,1-2H3,(H,23,26). The van der Waals surface area contributed by atoms with E-state index in [0.29, 0.717) is 49.0 Å². The number of ether oxygens (including phenoxy) is 1. The van der Waals surface area contributed by atoms with Crippen LogP contribution in [0.15, 0.2) is 42.5 Å². The molecule has 0 aliphatic carbocycles. The van der Waals surface area contributed by atoms with E-state index in [1.807, 2.05) is 12.1 Å². The van der Waals surface area contributed by atoms with E-state index >= 15 is 0 Å². The number of benzene rings is 2. The third-order valence-corrected chi connectivity index (χ3v) is 6.69. The lowest BCUT2D eigenvalue weighted by atomic mass is 10.1. The Kier molecular flexibility index (Phi) is 7.32. The van der Waals surface area contributed by atoms with Gasteiger partial charge in [0.15, 0.2) is 0 Å². The van der Waals surface area contributed by atoms with Gasteiger partial charge in [-0.3, -0.25) is 9.69 Å². The molecule has 0 aromatic heterocycles. The first kappa shape index (κ1) is 23.2. The van der Waals surface area contributed by atoms with E-state index in [2.05, 4.69) is 15.0 Å². The number of methoxy groups -OCH3 is 1. The first-order valence-corrected chi connectivity index (χ1v) is 11.9. The molecule has 1 N–H and O–H groups in total. The molecule has 1 saturated heterocycles. The largest absolute Gasteiger partial charge is 0.465 e. The predicted octanol–water partition coefficient (Wildman–Crippen LogP) is 2.46. The number of anilines is 1. The van der Waals surface area contributed by atoms with Gasteiger partial charge >= 0.3 is 5.97 Å². The number of nitrogens with zero attached hydrogens (tertiary/aromatic N) is 2. The minimum Gasteiger partial charge on any atom is -0.465 e. The predicted molar refractivity (Wildman–Crippen MR) is 119 cm³/mol. The molecule has 0 bridgehead atoms. The molecule has 10 heteroatoms. The van der Waals surface area contributed by atoms with Gasteiger partial charge in [0, 0.05) is 38.3 Å². The Labute approximate surface area is 186 Å². The molecule has 1 heterocycles. The number of amides is 1. The van der Waals surface area contributed by atoms with Crippen molar-refractivity contribution in [1.29, 1.82) is 0 Å². The molecule has 0 spiro atoms. The molecule has 166 valence electrons. The van der Waals surface area contributed by atoms with Gasteiger partial charge in [0.05, 0.1) is 29.6 Å². The van der Waals surface area contributed by atoms with Gasteiger partial charge in [0.1, 0.15) is 0 Å². The molecule has 1 amide bonds. The average molecular weight is 466 g/mol. The highest BCUT2D eigenvalue weighted by atomic mass is 35.5. The number of halogens is 1. The van der Waals surface area contributed by atoms with Crippen LogP contribution in [0.5, 0.6) is 0 Å². The van der Waals surface area contributed by atoms with Crippen LogP contribution in [0, 0.1) is 0 Å². The Morgan fingerprint density at radius 3 is 2.23 bits per heavy atom. The van der Waals surface area contributed by atoms with Crippen molar-refractivity contribution in [3.8, 4) is 0 Å². The lowest BCUT2D eigenvalue weighted by molar-refractivity contribution is 0.0600. The minimum atomic E-state index is -3.15. The maximum Gasteiger partial charge on any atom is 0.337 e. The third-order valence-electron chi connectivity index (χ3n) is 5.06. The Hall–Kier alpha value is -2.46. The number of sulfonamides is 1. The van der Waals surface area contributed by atoms with Crippen molar-refractivity contribution in [2.24, 2.45) is 0 Å². The summed E-state index contributed by atoms with van der Waals surface area (Å²) in [6, 6.07) is 11.7. The van der Waals surface area contributed by atoms with E-state index in [-0.39, 0.29) is 11.5 Å². The summed E-state index contributed by atoms with van der Waals surface area (Å²) in [5, 5.41) is 3.03. The van der Waals surface area contributed by atoms with Crippen molar-refractivity contribution in [1.82, 2.24) is 9.21 Å². The maximum absolute atomic E-state index is 12.6. The molecule has 1 fully saturated rings. The van der Waals surface area contributed by atoms with Crippen molar-refractivity contribution >= 4 is 39.2 Å². The van der Waals surface area contributed by atoms with Crippen LogP contribution in [-0.2, 0) is 21.3 Å². The molecule has 0 unspecified atom stereocenters. The van der Waals surface area contributed by atoms with Crippen LogP contribution < -0.4 is 5.32 Å². The van der Waals surface area contributed by atoms with Crippen LogP contribution >= 0.6 is 11.6 Å². The topological polar surface area (TPSA) is 96.0 Å². The van der Waals surface area contributed by atoms with Crippen molar-refractivity contribution in [2.45, 2.75) is 6.54 Å². The zero-order valence-corrected chi connectivity index (χ0v) is 18.9. The molecule has 1 aliphatic rings. The number of hydrogen-bond acceptors (Lipinski definition) is 6. The summed E-state index contributed by atoms with van der Waals surface area (Å²) in [4.78, 5) is 26.5. The highest BCUT2D eigenvalue weighted by Crippen LogP contribution is 2.24. The number of esters is 1. The number of piperazine rings is 1. The number of rotatable bonds is 6. The fourth-order valence-electron chi connectivity index (χ4n) is 3.30. The molecule has 31 heavy (non-hydrogen) atoms. The van der Waals surface area contributed by atoms with E-state index in [1.165, 1.54) is 35.9 Å². The van der Waals surface area contributed by atoms with E-state index in [9.17, 15) is 18.0 Å². The lowest BCUT2D eigenvalue weighted by Crippen LogP contribution is -2.47. The van der Waals surface area contributed by atoms with E-state index < -0.39 is 16.0 Å². The minimum absolute atomic E-state index is 0.286. The van der Waals surface area contributed by atoms with Gasteiger partial charge in [-0.1, -0.05) is 23.7 Å². The van der Waals surface area contributed by atoms with Gasteiger partial charge in [-0.05, 0) is 35.9 Å². The molecular weight excluding hydrogens is 442 g/mol. The second-order valence-corrected chi connectivity index (χ2v) is 9.67. The fraction of sp³-hybridized carbons (Fsp3) is 0.333. The van der Waals surface area contributed by atoms with Crippen LogP contribution in [0.25, 0.3) is 0 Å². The van der Waals surface area contributed by atoms with E-state index in [1.54, 1.807) is 12.1 Å². The molecule has 8 nitrogen and oxygen atoms in total. The van der Waals surface area contributed by atoms with Crippen LogP contribution in [0.3, 0.4) is 0 Å². The van der Waals surface area contributed by atoms with Gasteiger partial charge in [-0.2, -0.15) is 4.31 Å². The molecule has 0 saturated carbocycles. The SMILES string of the molecule is COC(=O)c1ccc(Cl)c(NC(=O)c2ccc(CN3CCN(S(C)(=O)=O)CC3)cc2)c1. The first-order chi connectivity index (χ1) is 14.7. The van der Waals surface area contributed by atoms with Crippen LogP contribution in [0.4, 0.5) is 5.69 Å². The molecule has 1 aliphatic heterocycles. The zero-order valence-electron chi connectivity index (χ0n) is 17.3. The highest BCUT2D eigenvalue weighted by Gasteiger charge is 2.23. The van der Waals surface area contributed by atoms with E-state index in [4.69, 9.17) is 11.6 Å². The summed E-state index contributed by atoms with van der Waals surface area (Å²) in [6.07, 6.45) is 1.23. The first-order valence-electron chi connectivity index (χ1n) is 9.63. The van der Waals surface area contributed by atoms with E-state index in [0.717, 1.165) is 5.56 Å². The Bertz CT molecular complexity index is 1060. The second-order valence-electron chi connectivity index (χ2n) is 7.28. The number of nitrogens with one attached hydrogen (secondary N) is 1. The van der Waals surface area contributed by atoms with Crippen LogP contribution in [-0.4, -0.2) is 69.0 Å². The second kappa shape index (κ2) is 9.78. The fourth-order valence-corrected chi connectivity index (χ4v) is 4.29. The summed E-state index contributed by atoms with van der Waals surface area (Å²) in [5.74, 6) is -0.869. The normalized spacial score (nSPS) is 15.5. The highest BCUT2D eigenvalue weighted by molar-refractivity contribution is 7.88. The quantitative estimate of drug-likeness (QED) is 0.658. The molecule has 0 radical (unpaired) electrons. The Balaban J connectivity index is 1.60. The molecule has 3 rings (SSSR count). The van der Waals surface area contributed by atoms with Gasteiger partial charge in [0.2, 0.25) is 10.0 Å². The van der Waals surface area contributed by atoms with Crippen molar-refractivity contribution in [2.75, 3.05) is 44.9 Å². The van der Waals surface area contributed by atoms with Gasteiger partial charge in [-0.15, -0.1) is 0 Å². The Morgan fingerprint density at radius 2 is 1.65 bits per heavy atom. The Morgan fingerprint density at radius 1 is 1.03 bits per heavy atom. The molecule has 0 atom stereocenters. The maximum atomic E-state index is 12.6. The average Bonchev–Trinajstić information content (AvgIpc) is 2.75. The van der Waals surface area contributed by atoms with Crippen molar-refractivity contribution in [3.63, 3.8) is 0 Å². The third kappa shape index (κ3) is 6.04. The number of hydrogen-bond donors (Lipinski definition) is 1. The summed E-state index contributed by atoms with van der Waals surface area (Å²) in [6.45, 7) is 2.94. The molecule has 2 aromatic rings.